The second kappa shape index (κ2) is 4.26. The van der Waals surface area contributed by atoms with Gasteiger partial charge in [0.05, 0.1) is 11.7 Å². The predicted molar refractivity (Wildman–Crippen MR) is 66.3 cm³/mol. The van der Waals surface area contributed by atoms with E-state index >= 15 is 0 Å². The minimum Gasteiger partial charge on any atom is -0.324 e. The van der Waals surface area contributed by atoms with Gasteiger partial charge >= 0.3 is 0 Å². The summed E-state index contributed by atoms with van der Waals surface area (Å²) < 4.78 is 2.15. The van der Waals surface area contributed by atoms with Crippen LogP contribution in [0.3, 0.4) is 0 Å². The molecule has 0 amide bonds. The Morgan fingerprint density at radius 2 is 2.12 bits per heavy atom. The first-order chi connectivity index (χ1) is 7.59. The van der Waals surface area contributed by atoms with E-state index in [1.165, 1.54) is 0 Å². The van der Waals surface area contributed by atoms with Crippen molar-refractivity contribution in [2.45, 2.75) is 33.2 Å². The Morgan fingerprint density at radius 3 is 2.75 bits per heavy atom. The van der Waals surface area contributed by atoms with Crippen LogP contribution in [0.1, 0.15) is 38.2 Å². The molecule has 3 heteroatoms. The molecule has 0 aromatic carbocycles. The van der Waals surface area contributed by atoms with Crippen LogP contribution in [0.15, 0.2) is 24.5 Å². The number of fused-ring (bicyclic) bond motifs is 1. The van der Waals surface area contributed by atoms with Crippen molar-refractivity contribution in [3.63, 3.8) is 0 Å². The van der Waals surface area contributed by atoms with Gasteiger partial charge in [-0.3, -0.25) is 0 Å². The summed E-state index contributed by atoms with van der Waals surface area (Å²) in [6.45, 7) is 6.41. The van der Waals surface area contributed by atoms with Crippen LogP contribution >= 0.6 is 0 Å². The summed E-state index contributed by atoms with van der Waals surface area (Å²) >= 11 is 0. The van der Waals surface area contributed by atoms with E-state index in [1.54, 1.807) is 0 Å². The van der Waals surface area contributed by atoms with Crippen molar-refractivity contribution in [3.05, 3.63) is 35.9 Å². The maximum absolute atomic E-state index is 5.95. The van der Waals surface area contributed by atoms with Crippen LogP contribution in [0, 0.1) is 5.92 Å². The monoisotopic (exact) mass is 217 g/mol. The normalized spacial score (nSPS) is 13.6. The van der Waals surface area contributed by atoms with E-state index in [1.807, 2.05) is 19.2 Å². The minimum atomic E-state index is 0.0484. The Morgan fingerprint density at radius 1 is 1.38 bits per heavy atom. The number of imidazole rings is 1. The van der Waals surface area contributed by atoms with Gasteiger partial charge in [-0.05, 0) is 24.5 Å². The van der Waals surface area contributed by atoms with E-state index < -0.39 is 0 Å². The third kappa shape index (κ3) is 1.95. The SMILES string of the molecule is CC(C)Cc1ncc2c(C(C)N)cccn12. The van der Waals surface area contributed by atoms with Crippen molar-refractivity contribution < 1.29 is 0 Å². The highest BCUT2D eigenvalue weighted by atomic mass is 15.0. The van der Waals surface area contributed by atoms with Crippen LogP contribution in [0.25, 0.3) is 5.52 Å². The standard InChI is InChI=1S/C13H19N3/c1-9(2)7-13-15-8-12-11(10(3)14)5-4-6-16(12)13/h4-6,8-10H,7,14H2,1-3H3. The third-order valence-corrected chi connectivity index (χ3v) is 2.76. The molecule has 0 fully saturated rings. The number of aromatic nitrogens is 2. The van der Waals surface area contributed by atoms with Gasteiger partial charge in [0.15, 0.2) is 0 Å². The molecule has 1 unspecified atom stereocenters. The maximum atomic E-state index is 5.95. The number of hydrogen-bond donors (Lipinski definition) is 1. The lowest BCUT2D eigenvalue weighted by Gasteiger charge is -2.09. The van der Waals surface area contributed by atoms with Gasteiger partial charge in [-0.2, -0.15) is 0 Å². The van der Waals surface area contributed by atoms with E-state index in [2.05, 4.69) is 35.5 Å². The second-order valence-electron chi connectivity index (χ2n) is 4.78. The molecular weight excluding hydrogens is 198 g/mol. The van der Waals surface area contributed by atoms with Crippen molar-refractivity contribution >= 4 is 5.52 Å². The van der Waals surface area contributed by atoms with Gasteiger partial charge < -0.3 is 10.1 Å². The molecule has 16 heavy (non-hydrogen) atoms. The molecule has 2 aromatic rings. The molecule has 2 aromatic heterocycles. The average molecular weight is 217 g/mol. The Hall–Kier alpha value is -1.35. The van der Waals surface area contributed by atoms with E-state index in [0.717, 1.165) is 23.3 Å². The lowest BCUT2D eigenvalue weighted by molar-refractivity contribution is 0.619. The lowest BCUT2D eigenvalue weighted by Crippen LogP contribution is -2.07. The molecule has 0 bridgehead atoms. The summed E-state index contributed by atoms with van der Waals surface area (Å²) in [4.78, 5) is 4.49. The average Bonchev–Trinajstić information content (AvgIpc) is 2.60. The minimum absolute atomic E-state index is 0.0484. The molecule has 0 aliphatic rings. The van der Waals surface area contributed by atoms with Crippen LogP contribution in [0.4, 0.5) is 0 Å². The molecule has 0 aliphatic heterocycles. The fourth-order valence-corrected chi connectivity index (χ4v) is 2.00. The predicted octanol–water partition coefficient (Wildman–Crippen LogP) is 2.55. The third-order valence-electron chi connectivity index (χ3n) is 2.76. The highest BCUT2D eigenvalue weighted by Gasteiger charge is 2.10. The Bertz CT molecular complexity index is 483. The molecule has 0 saturated carbocycles. The molecule has 0 aliphatic carbocycles. The second-order valence-corrected chi connectivity index (χ2v) is 4.78. The Kier molecular flexibility index (Phi) is 2.97. The molecule has 2 N–H and O–H groups in total. The summed E-state index contributed by atoms with van der Waals surface area (Å²) in [6.07, 6.45) is 4.99. The zero-order valence-corrected chi connectivity index (χ0v) is 10.1. The summed E-state index contributed by atoms with van der Waals surface area (Å²) in [7, 11) is 0. The molecule has 1 atom stereocenters. The molecule has 0 radical (unpaired) electrons. The molecule has 3 nitrogen and oxygen atoms in total. The lowest BCUT2D eigenvalue weighted by atomic mass is 10.1. The Balaban J connectivity index is 2.52. The smallest absolute Gasteiger partial charge is 0.113 e. The number of hydrogen-bond acceptors (Lipinski definition) is 2. The van der Waals surface area contributed by atoms with Crippen molar-refractivity contribution in [1.82, 2.24) is 9.38 Å². The van der Waals surface area contributed by atoms with Crippen LogP contribution in [0.2, 0.25) is 0 Å². The van der Waals surface area contributed by atoms with Gasteiger partial charge in [0.2, 0.25) is 0 Å². The summed E-state index contributed by atoms with van der Waals surface area (Å²) in [6, 6.07) is 4.16. The van der Waals surface area contributed by atoms with Crippen LogP contribution < -0.4 is 5.73 Å². The molecule has 86 valence electrons. The van der Waals surface area contributed by atoms with E-state index in [9.17, 15) is 0 Å². The fourth-order valence-electron chi connectivity index (χ4n) is 2.00. The first-order valence-corrected chi connectivity index (χ1v) is 5.80. The van der Waals surface area contributed by atoms with E-state index in [-0.39, 0.29) is 6.04 Å². The van der Waals surface area contributed by atoms with Crippen molar-refractivity contribution in [1.29, 1.82) is 0 Å². The fraction of sp³-hybridized carbons (Fsp3) is 0.462. The number of pyridine rings is 1. The van der Waals surface area contributed by atoms with E-state index in [4.69, 9.17) is 5.73 Å². The van der Waals surface area contributed by atoms with Gasteiger partial charge in [-0.15, -0.1) is 0 Å². The highest BCUT2D eigenvalue weighted by Crippen LogP contribution is 2.19. The van der Waals surface area contributed by atoms with Crippen LogP contribution in [0.5, 0.6) is 0 Å². The quantitative estimate of drug-likeness (QED) is 0.858. The topological polar surface area (TPSA) is 43.3 Å². The molecule has 2 rings (SSSR count). The van der Waals surface area contributed by atoms with Gasteiger partial charge in [-0.1, -0.05) is 19.9 Å². The maximum Gasteiger partial charge on any atom is 0.113 e. The number of rotatable bonds is 3. The summed E-state index contributed by atoms with van der Waals surface area (Å²) in [5.74, 6) is 1.73. The zero-order valence-electron chi connectivity index (χ0n) is 10.1. The van der Waals surface area contributed by atoms with Gasteiger partial charge in [-0.25, -0.2) is 4.98 Å². The number of nitrogens with zero attached hydrogens (tertiary/aromatic N) is 2. The summed E-state index contributed by atoms with van der Waals surface area (Å²) in [5.41, 5.74) is 8.24. The van der Waals surface area contributed by atoms with Crippen molar-refractivity contribution in [3.8, 4) is 0 Å². The van der Waals surface area contributed by atoms with Crippen molar-refractivity contribution in [2.24, 2.45) is 11.7 Å². The van der Waals surface area contributed by atoms with Crippen molar-refractivity contribution in [2.75, 3.05) is 0 Å². The highest BCUT2D eigenvalue weighted by molar-refractivity contribution is 5.55. The first-order valence-electron chi connectivity index (χ1n) is 5.80. The molecular formula is C13H19N3. The number of nitrogens with two attached hydrogens (primary N) is 1. The van der Waals surface area contributed by atoms with Gasteiger partial charge in [0.1, 0.15) is 5.82 Å². The molecule has 0 spiro atoms. The van der Waals surface area contributed by atoms with E-state index in [0.29, 0.717) is 5.92 Å². The van der Waals surface area contributed by atoms with Crippen LogP contribution in [-0.2, 0) is 6.42 Å². The summed E-state index contributed by atoms with van der Waals surface area (Å²) in [5, 5.41) is 0. The van der Waals surface area contributed by atoms with Gasteiger partial charge in [0, 0.05) is 18.7 Å². The van der Waals surface area contributed by atoms with Crippen LogP contribution in [-0.4, -0.2) is 9.38 Å². The van der Waals surface area contributed by atoms with Gasteiger partial charge in [0.25, 0.3) is 0 Å². The largest absolute Gasteiger partial charge is 0.324 e. The zero-order chi connectivity index (χ0) is 11.7. The molecule has 0 saturated heterocycles. The molecule has 2 heterocycles. The Labute approximate surface area is 96.3 Å². The first kappa shape index (κ1) is 11.1.